The molecule has 3 rings (SSSR count). The van der Waals surface area contributed by atoms with Gasteiger partial charge in [-0.15, -0.1) is 0 Å². The molecule has 0 saturated carbocycles. The summed E-state index contributed by atoms with van der Waals surface area (Å²) in [5.41, 5.74) is 1.99. The van der Waals surface area contributed by atoms with Gasteiger partial charge in [-0.2, -0.15) is 0 Å². The quantitative estimate of drug-likeness (QED) is 0.288. The standard InChI is InChI=1S/C29H33BrClN3O4S/c1-4-21(2)32-29(36)27(18-22-8-6-5-7-9-22)33(19-23-10-14-25(31)15-11-23)28(35)20-34(39(3,37)38)26-16-12-24(30)13-17-26/h5-17,21,27H,4,18-20H2,1-3H3,(H,32,36)/t21-,27+/m0/s1. The van der Waals surface area contributed by atoms with Crippen molar-refractivity contribution < 1.29 is 18.0 Å². The number of hydrogen-bond donors (Lipinski definition) is 1. The summed E-state index contributed by atoms with van der Waals surface area (Å²) in [6.07, 6.45) is 2.04. The number of hydrogen-bond acceptors (Lipinski definition) is 4. The molecule has 7 nitrogen and oxygen atoms in total. The summed E-state index contributed by atoms with van der Waals surface area (Å²) in [6, 6.07) is 22.2. The Kier molecular flexibility index (Phi) is 11.0. The van der Waals surface area contributed by atoms with Crippen molar-refractivity contribution in [2.45, 2.75) is 45.3 Å². The molecule has 0 aliphatic rings. The molecule has 0 radical (unpaired) electrons. The molecule has 0 bridgehead atoms. The molecule has 3 aromatic carbocycles. The largest absolute Gasteiger partial charge is 0.352 e. The third-order valence-electron chi connectivity index (χ3n) is 6.33. The van der Waals surface area contributed by atoms with E-state index in [1.54, 1.807) is 48.5 Å². The minimum Gasteiger partial charge on any atom is -0.352 e. The lowest BCUT2D eigenvalue weighted by atomic mass is 10.0. The maximum Gasteiger partial charge on any atom is 0.244 e. The summed E-state index contributed by atoms with van der Waals surface area (Å²) in [5.74, 6) is -0.802. The van der Waals surface area contributed by atoms with E-state index >= 15 is 0 Å². The smallest absolute Gasteiger partial charge is 0.244 e. The minimum absolute atomic E-state index is 0.0966. The summed E-state index contributed by atoms with van der Waals surface area (Å²) in [7, 11) is -3.81. The molecule has 10 heteroatoms. The Hall–Kier alpha value is -2.88. The van der Waals surface area contributed by atoms with Crippen LogP contribution in [0.2, 0.25) is 5.02 Å². The lowest BCUT2D eigenvalue weighted by Gasteiger charge is -2.34. The second-order valence-corrected chi connectivity index (χ2v) is 12.7. The first kappa shape index (κ1) is 30.7. The van der Waals surface area contributed by atoms with Crippen molar-refractivity contribution >= 4 is 55.1 Å². The molecule has 39 heavy (non-hydrogen) atoms. The van der Waals surface area contributed by atoms with Crippen LogP contribution in [-0.2, 0) is 32.6 Å². The Morgan fingerprint density at radius 1 is 0.949 bits per heavy atom. The zero-order chi connectivity index (χ0) is 28.6. The van der Waals surface area contributed by atoms with Crippen molar-refractivity contribution in [1.29, 1.82) is 0 Å². The maximum absolute atomic E-state index is 14.0. The van der Waals surface area contributed by atoms with Gasteiger partial charge in [0.15, 0.2) is 0 Å². The molecule has 3 aromatic rings. The average molecular weight is 635 g/mol. The predicted octanol–water partition coefficient (Wildman–Crippen LogP) is 5.42. The molecule has 0 aliphatic heterocycles. The molecule has 2 amide bonds. The monoisotopic (exact) mass is 633 g/mol. The van der Waals surface area contributed by atoms with Crippen LogP contribution in [0, 0.1) is 0 Å². The fraction of sp³-hybridized carbons (Fsp3) is 0.310. The van der Waals surface area contributed by atoms with Gasteiger partial charge in [-0.25, -0.2) is 8.42 Å². The summed E-state index contributed by atoms with van der Waals surface area (Å²) >= 11 is 9.44. The van der Waals surface area contributed by atoms with Gasteiger partial charge in [0.05, 0.1) is 11.9 Å². The number of carbonyl (C=O) groups excluding carboxylic acids is 2. The van der Waals surface area contributed by atoms with Crippen molar-refractivity contribution in [1.82, 2.24) is 10.2 Å². The van der Waals surface area contributed by atoms with E-state index in [1.165, 1.54) is 4.90 Å². The molecule has 0 aromatic heterocycles. The summed E-state index contributed by atoms with van der Waals surface area (Å²) in [4.78, 5) is 29.1. The van der Waals surface area contributed by atoms with E-state index in [0.29, 0.717) is 10.7 Å². The Morgan fingerprint density at radius 2 is 1.56 bits per heavy atom. The number of benzene rings is 3. The molecule has 0 unspecified atom stereocenters. The molecule has 2 atom stereocenters. The van der Waals surface area contributed by atoms with Gasteiger partial charge in [0.2, 0.25) is 21.8 Å². The Labute approximate surface area is 244 Å². The highest BCUT2D eigenvalue weighted by Crippen LogP contribution is 2.23. The fourth-order valence-electron chi connectivity index (χ4n) is 4.00. The molecule has 0 saturated heterocycles. The van der Waals surface area contributed by atoms with E-state index < -0.39 is 28.5 Å². The van der Waals surface area contributed by atoms with E-state index in [1.807, 2.05) is 44.2 Å². The van der Waals surface area contributed by atoms with Gasteiger partial charge in [0.1, 0.15) is 12.6 Å². The Balaban J connectivity index is 2.04. The SMILES string of the molecule is CC[C@H](C)NC(=O)[C@@H](Cc1ccccc1)N(Cc1ccc(Cl)cc1)C(=O)CN(c1ccc(Br)cc1)S(C)(=O)=O. The molecule has 0 spiro atoms. The summed E-state index contributed by atoms with van der Waals surface area (Å²) < 4.78 is 27.4. The number of rotatable bonds is 12. The third kappa shape index (κ3) is 9.08. The lowest BCUT2D eigenvalue weighted by Crippen LogP contribution is -2.54. The number of halogens is 2. The van der Waals surface area contributed by atoms with Crippen molar-refractivity contribution in [3.63, 3.8) is 0 Å². The van der Waals surface area contributed by atoms with Crippen LogP contribution in [0.15, 0.2) is 83.3 Å². The van der Waals surface area contributed by atoms with Gasteiger partial charge in [-0.05, 0) is 60.9 Å². The number of sulfonamides is 1. The van der Waals surface area contributed by atoms with Crippen LogP contribution in [0.25, 0.3) is 0 Å². The first-order valence-corrected chi connectivity index (χ1v) is 15.6. The van der Waals surface area contributed by atoms with E-state index in [9.17, 15) is 18.0 Å². The second kappa shape index (κ2) is 14.0. The van der Waals surface area contributed by atoms with Gasteiger partial charge in [-0.3, -0.25) is 13.9 Å². The zero-order valence-electron chi connectivity index (χ0n) is 22.2. The van der Waals surface area contributed by atoms with Gasteiger partial charge < -0.3 is 10.2 Å². The van der Waals surface area contributed by atoms with Crippen LogP contribution in [0.4, 0.5) is 5.69 Å². The predicted molar refractivity (Wildman–Crippen MR) is 160 cm³/mol. The number of anilines is 1. The van der Waals surface area contributed by atoms with E-state index in [0.717, 1.165) is 32.6 Å². The molecular weight excluding hydrogens is 602 g/mol. The van der Waals surface area contributed by atoms with E-state index in [-0.39, 0.29) is 24.9 Å². The van der Waals surface area contributed by atoms with Crippen LogP contribution >= 0.6 is 27.5 Å². The summed E-state index contributed by atoms with van der Waals surface area (Å²) in [5, 5.41) is 3.56. The normalized spacial score (nSPS) is 12.8. The van der Waals surface area contributed by atoms with Gasteiger partial charge in [0.25, 0.3) is 0 Å². The molecule has 208 valence electrons. The van der Waals surface area contributed by atoms with Crippen LogP contribution in [0.1, 0.15) is 31.4 Å². The lowest BCUT2D eigenvalue weighted by molar-refractivity contribution is -0.140. The molecular formula is C29H33BrClN3O4S. The molecule has 0 heterocycles. The topological polar surface area (TPSA) is 86.8 Å². The van der Waals surface area contributed by atoms with Gasteiger partial charge >= 0.3 is 0 Å². The highest BCUT2D eigenvalue weighted by Gasteiger charge is 2.33. The first-order valence-electron chi connectivity index (χ1n) is 12.6. The second-order valence-electron chi connectivity index (χ2n) is 9.42. The fourth-order valence-corrected chi connectivity index (χ4v) is 5.24. The average Bonchev–Trinajstić information content (AvgIpc) is 2.90. The van der Waals surface area contributed by atoms with E-state index in [2.05, 4.69) is 21.2 Å². The molecule has 1 N–H and O–H groups in total. The van der Waals surface area contributed by atoms with Crippen molar-refractivity contribution in [2.24, 2.45) is 0 Å². The highest BCUT2D eigenvalue weighted by atomic mass is 79.9. The zero-order valence-corrected chi connectivity index (χ0v) is 25.3. The Morgan fingerprint density at radius 3 is 2.13 bits per heavy atom. The van der Waals surface area contributed by atoms with Crippen LogP contribution in [0.5, 0.6) is 0 Å². The summed E-state index contributed by atoms with van der Waals surface area (Å²) in [6.45, 7) is 3.51. The maximum atomic E-state index is 14.0. The molecule has 0 aliphatic carbocycles. The van der Waals surface area contributed by atoms with Crippen molar-refractivity contribution in [2.75, 3.05) is 17.1 Å². The van der Waals surface area contributed by atoms with Crippen LogP contribution in [0.3, 0.4) is 0 Å². The van der Waals surface area contributed by atoms with Gasteiger partial charge in [0, 0.05) is 28.5 Å². The van der Waals surface area contributed by atoms with Crippen LogP contribution < -0.4 is 9.62 Å². The number of nitrogens with one attached hydrogen (secondary N) is 1. The Bertz CT molecular complexity index is 1350. The highest BCUT2D eigenvalue weighted by molar-refractivity contribution is 9.10. The number of carbonyl (C=O) groups is 2. The minimum atomic E-state index is -3.81. The van der Waals surface area contributed by atoms with Crippen LogP contribution in [-0.4, -0.2) is 50.0 Å². The number of amides is 2. The van der Waals surface area contributed by atoms with E-state index in [4.69, 9.17) is 11.6 Å². The van der Waals surface area contributed by atoms with Gasteiger partial charge in [-0.1, -0.05) is 76.9 Å². The first-order chi connectivity index (χ1) is 18.5. The number of nitrogens with zero attached hydrogens (tertiary/aromatic N) is 2. The van der Waals surface area contributed by atoms with Crippen molar-refractivity contribution in [3.8, 4) is 0 Å². The third-order valence-corrected chi connectivity index (χ3v) is 8.25. The van der Waals surface area contributed by atoms with Crippen molar-refractivity contribution in [3.05, 3.63) is 99.5 Å². The molecule has 0 fully saturated rings.